The fourth-order valence-corrected chi connectivity index (χ4v) is 3.77. The van der Waals surface area contributed by atoms with Crippen LogP contribution in [0.2, 0.25) is 0 Å². The summed E-state index contributed by atoms with van der Waals surface area (Å²) in [4.78, 5) is 29.3. The van der Waals surface area contributed by atoms with Gasteiger partial charge in [-0.1, -0.05) is 18.2 Å². The lowest BCUT2D eigenvalue weighted by Crippen LogP contribution is -2.51. The van der Waals surface area contributed by atoms with Gasteiger partial charge in [-0.25, -0.2) is 0 Å². The first kappa shape index (κ1) is 23.2. The Labute approximate surface area is 188 Å². The number of hydrogen-bond acceptors (Lipinski definition) is 7. The summed E-state index contributed by atoms with van der Waals surface area (Å²) < 4.78 is 21.4. The third-order valence-corrected chi connectivity index (χ3v) is 5.44. The highest BCUT2D eigenvalue weighted by Crippen LogP contribution is 2.38. The van der Waals surface area contributed by atoms with Crippen molar-refractivity contribution in [3.8, 4) is 17.2 Å². The van der Waals surface area contributed by atoms with Gasteiger partial charge in [-0.15, -0.1) is 0 Å². The monoisotopic (exact) mass is 442 g/mol. The van der Waals surface area contributed by atoms with Crippen LogP contribution in [-0.2, 0) is 20.7 Å². The van der Waals surface area contributed by atoms with Crippen molar-refractivity contribution in [3.63, 3.8) is 0 Å². The van der Waals surface area contributed by atoms with Crippen LogP contribution < -0.4 is 19.1 Å². The lowest BCUT2D eigenvalue weighted by Gasteiger charge is -2.37. The number of amides is 1. The second-order valence-electron chi connectivity index (χ2n) is 7.49. The number of benzene rings is 2. The maximum Gasteiger partial charge on any atom is 0.311 e. The number of rotatable bonds is 8. The lowest BCUT2D eigenvalue weighted by molar-refractivity contribution is -0.158. The molecular formula is C24H30N2O6. The van der Waals surface area contributed by atoms with Crippen molar-refractivity contribution in [3.05, 3.63) is 48.0 Å². The molecule has 8 nitrogen and oxygen atoms in total. The summed E-state index contributed by atoms with van der Waals surface area (Å²) in [7, 11) is 4.54. The molecule has 3 rings (SSSR count). The molecule has 1 heterocycles. The Balaban J connectivity index is 1.55. The Hall–Kier alpha value is -3.42. The van der Waals surface area contributed by atoms with Crippen molar-refractivity contribution in [1.29, 1.82) is 0 Å². The van der Waals surface area contributed by atoms with Crippen LogP contribution >= 0.6 is 0 Å². The summed E-state index contributed by atoms with van der Waals surface area (Å²) in [6, 6.07) is 13.5. The maximum absolute atomic E-state index is 12.8. The minimum atomic E-state index is -0.854. The minimum Gasteiger partial charge on any atom is -0.493 e. The molecule has 1 aliphatic heterocycles. The fourth-order valence-electron chi connectivity index (χ4n) is 3.77. The van der Waals surface area contributed by atoms with Crippen molar-refractivity contribution >= 4 is 17.6 Å². The van der Waals surface area contributed by atoms with Gasteiger partial charge in [0, 0.05) is 31.9 Å². The molecule has 1 amide bonds. The van der Waals surface area contributed by atoms with Gasteiger partial charge < -0.3 is 28.7 Å². The normalized spacial score (nSPS) is 14.5. The molecule has 172 valence electrons. The van der Waals surface area contributed by atoms with Crippen LogP contribution in [0.4, 0.5) is 5.69 Å². The van der Waals surface area contributed by atoms with Crippen molar-refractivity contribution in [2.45, 2.75) is 19.4 Å². The Morgan fingerprint density at radius 3 is 2.03 bits per heavy atom. The van der Waals surface area contributed by atoms with E-state index in [1.807, 2.05) is 18.2 Å². The van der Waals surface area contributed by atoms with Crippen molar-refractivity contribution in [1.82, 2.24) is 4.90 Å². The molecule has 0 bridgehead atoms. The minimum absolute atomic E-state index is 0.0177. The largest absolute Gasteiger partial charge is 0.493 e. The molecule has 8 heteroatoms. The second-order valence-corrected chi connectivity index (χ2v) is 7.49. The highest BCUT2D eigenvalue weighted by Gasteiger charge is 2.27. The lowest BCUT2D eigenvalue weighted by atomic mass is 10.1. The van der Waals surface area contributed by atoms with Crippen LogP contribution in [0.5, 0.6) is 17.2 Å². The van der Waals surface area contributed by atoms with E-state index < -0.39 is 12.1 Å². The van der Waals surface area contributed by atoms with Gasteiger partial charge >= 0.3 is 5.97 Å². The Bertz CT molecular complexity index is 900. The molecule has 0 aliphatic carbocycles. The first-order chi connectivity index (χ1) is 15.5. The maximum atomic E-state index is 12.8. The Morgan fingerprint density at radius 2 is 1.50 bits per heavy atom. The summed E-state index contributed by atoms with van der Waals surface area (Å²) in [5.41, 5.74) is 1.78. The summed E-state index contributed by atoms with van der Waals surface area (Å²) in [6.45, 7) is 4.26. The second kappa shape index (κ2) is 10.7. The van der Waals surface area contributed by atoms with Gasteiger partial charge in [0.05, 0.1) is 27.8 Å². The molecule has 2 aromatic carbocycles. The van der Waals surface area contributed by atoms with Crippen molar-refractivity contribution < 1.29 is 28.5 Å². The van der Waals surface area contributed by atoms with Crippen LogP contribution in [0.15, 0.2) is 42.5 Å². The average molecular weight is 443 g/mol. The van der Waals surface area contributed by atoms with Crippen LogP contribution in [0.1, 0.15) is 12.5 Å². The fraction of sp³-hybridized carbons (Fsp3) is 0.417. The third kappa shape index (κ3) is 5.43. The molecular weight excluding hydrogens is 412 g/mol. The van der Waals surface area contributed by atoms with Gasteiger partial charge in [0.1, 0.15) is 0 Å². The van der Waals surface area contributed by atoms with E-state index in [0.29, 0.717) is 35.9 Å². The number of carbonyl (C=O) groups is 2. The van der Waals surface area contributed by atoms with E-state index in [4.69, 9.17) is 18.9 Å². The number of nitrogens with zero attached hydrogens (tertiary/aromatic N) is 2. The number of piperazine rings is 1. The van der Waals surface area contributed by atoms with E-state index in [-0.39, 0.29) is 12.3 Å². The SMILES string of the molecule is COc1cc(CC(=O)OC(C)C(=O)N2CCN(c3ccccc3)CC2)cc(OC)c1OC. The van der Waals surface area contributed by atoms with Gasteiger partial charge in [-0.2, -0.15) is 0 Å². The number of anilines is 1. The molecule has 1 aliphatic rings. The molecule has 1 saturated heterocycles. The molecule has 1 atom stereocenters. The molecule has 32 heavy (non-hydrogen) atoms. The third-order valence-electron chi connectivity index (χ3n) is 5.44. The standard InChI is InChI=1S/C24H30N2O6/c1-17(24(28)26-12-10-25(11-13-26)19-8-6-5-7-9-19)32-22(27)16-18-14-20(29-2)23(31-4)21(15-18)30-3/h5-9,14-15,17H,10-13,16H2,1-4H3. The van der Waals surface area contributed by atoms with Gasteiger partial charge in [-0.05, 0) is 36.8 Å². The predicted octanol–water partition coefficient (Wildman–Crippen LogP) is 2.54. The zero-order valence-electron chi connectivity index (χ0n) is 19.0. The topological polar surface area (TPSA) is 77.5 Å². The van der Waals surface area contributed by atoms with E-state index in [0.717, 1.165) is 18.8 Å². The molecule has 0 radical (unpaired) electrons. The first-order valence-electron chi connectivity index (χ1n) is 10.5. The number of ether oxygens (including phenoxy) is 4. The molecule has 0 saturated carbocycles. The molecule has 0 spiro atoms. The molecule has 2 aromatic rings. The molecule has 0 N–H and O–H groups in total. The van der Waals surface area contributed by atoms with E-state index in [1.54, 1.807) is 24.0 Å². The number of methoxy groups -OCH3 is 3. The number of para-hydroxylation sites is 1. The predicted molar refractivity (Wildman–Crippen MR) is 121 cm³/mol. The number of hydrogen-bond donors (Lipinski definition) is 0. The van der Waals surface area contributed by atoms with Crippen LogP contribution in [-0.4, -0.2) is 70.4 Å². The molecule has 1 fully saturated rings. The highest BCUT2D eigenvalue weighted by atomic mass is 16.5. The van der Waals surface area contributed by atoms with Crippen LogP contribution in [0.25, 0.3) is 0 Å². The van der Waals surface area contributed by atoms with Gasteiger partial charge in [-0.3, -0.25) is 9.59 Å². The number of esters is 1. The smallest absolute Gasteiger partial charge is 0.311 e. The van der Waals surface area contributed by atoms with E-state index in [2.05, 4.69) is 17.0 Å². The molecule has 1 unspecified atom stereocenters. The highest BCUT2D eigenvalue weighted by molar-refractivity contribution is 5.84. The van der Waals surface area contributed by atoms with Gasteiger partial charge in [0.15, 0.2) is 17.6 Å². The molecule has 0 aromatic heterocycles. The zero-order valence-corrected chi connectivity index (χ0v) is 19.0. The van der Waals surface area contributed by atoms with Crippen LogP contribution in [0, 0.1) is 0 Å². The summed E-state index contributed by atoms with van der Waals surface area (Å²) in [5.74, 6) is 0.675. The summed E-state index contributed by atoms with van der Waals surface area (Å²) in [5, 5.41) is 0. The average Bonchev–Trinajstić information content (AvgIpc) is 2.83. The zero-order chi connectivity index (χ0) is 23.1. The van der Waals surface area contributed by atoms with E-state index in [1.165, 1.54) is 21.3 Å². The van der Waals surface area contributed by atoms with E-state index >= 15 is 0 Å². The Morgan fingerprint density at radius 1 is 0.906 bits per heavy atom. The van der Waals surface area contributed by atoms with Crippen molar-refractivity contribution in [2.24, 2.45) is 0 Å². The number of carbonyl (C=O) groups excluding carboxylic acids is 2. The van der Waals surface area contributed by atoms with Gasteiger partial charge in [0.25, 0.3) is 5.91 Å². The summed E-state index contributed by atoms with van der Waals surface area (Å²) >= 11 is 0. The van der Waals surface area contributed by atoms with Gasteiger partial charge in [0.2, 0.25) is 5.75 Å². The quantitative estimate of drug-likeness (QED) is 0.582. The Kier molecular flexibility index (Phi) is 7.81. The summed E-state index contributed by atoms with van der Waals surface area (Å²) in [6.07, 6.45) is -0.872. The first-order valence-corrected chi connectivity index (χ1v) is 10.5. The van der Waals surface area contributed by atoms with Crippen LogP contribution in [0.3, 0.4) is 0 Å². The van der Waals surface area contributed by atoms with E-state index in [9.17, 15) is 9.59 Å². The van der Waals surface area contributed by atoms with Crippen molar-refractivity contribution in [2.75, 3.05) is 52.4 Å².